The van der Waals surface area contributed by atoms with Crippen LogP contribution in [0.4, 0.5) is 26.3 Å². The van der Waals surface area contributed by atoms with Crippen molar-refractivity contribution in [1.82, 2.24) is 28.9 Å². The van der Waals surface area contributed by atoms with E-state index >= 15 is 0 Å². The number of carbonyl (C=O) groups is 3. The van der Waals surface area contributed by atoms with Crippen molar-refractivity contribution in [1.29, 1.82) is 0 Å². The molecule has 2 aromatic carbocycles. The third-order valence-corrected chi connectivity index (χ3v) is 10.1. The number of aromatic nitrogens is 4. The molecule has 0 saturated carbocycles. The van der Waals surface area contributed by atoms with Gasteiger partial charge in [-0.3, -0.25) is 9.59 Å². The molecule has 0 spiro atoms. The van der Waals surface area contributed by atoms with Crippen LogP contribution in [0, 0.1) is 0 Å². The number of hydrogen-bond donors (Lipinski definition) is 1. The third-order valence-electron chi connectivity index (χ3n) is 10.1. The van der Waals surface area contributed by atoms with Crippen LogP contribution >= 0.6 is 0 Å². The molecular formula is C41H48F6N6O9. The van der Waals surface area contributed by atoms with Gasteiger partial charge in [0.1, 0.15) is 28.9 Å². The van der Waals surface area contributed by atoms with Crippen LogP contribution in [0.1, 0.15) is 57.8 Å². The maximum Gasteiger partial charge on any atom is 0.573 e. The maximum absolute atomic E-state index is 13.4. The Morgan fingerprint density at radius 2 is 1.18 bits per heavy atom. The van der Waals surface area contributed by atoms with Gasteiger partial charge in [-0.15, -0.1) is 26.3 Å². The number of alkyl halides is 6. The van der Waals surface area contributed by atoms with Crippen LogP contribution in [0.3, 0.4) is 0 Å². The average molecular weight is 883 g/mol. The van der Waals surface area contributed by atoms with E-state index in [0.717, 1.165) is 0 Å². The van der Waals surface area contributed by atoms with Crippen LogP contribution in [0.15, 0.2) is 73.6 Å². The van der Waals surface area contributed by atoms with E-state index in [0.29, 0.717) is 63.2 Å². The third kappa shape index (κ3) is 13.7. The Morgan fingerprint density at radius 1 is 0.742 bits per heavy atom. The van der Waals surface area contributed by atoms with Crippen molar-refractivity contribution in [3.05, 3.63) is 96.1 Å². The molecule has 4 heterocycles. The molecule has 2 saturated heterocycles. The lowest BCUT2D eigenvalue weighted by molar-refractivity contribution is -0.275. The number of carbonyl (C=O) groups excluding carboxylic acids is 3. The topological polar surface area (TPSA) is 160 Å². The van der Waals surface area contributed by atoms with Crippen LogP contribution in [-0.4, -0.2) is 129 Å². The molecule has 2 atom stereocenters. The van der Waals surface area contributed by atoms with Crippen molar-refractivity contribution in [3.8, 4) is 11.5 Å². The Balaban J connectivity index is 0.000000235. The van der Waals surface area contributed by atoms with Crippen LogP contribution < -0.4 is 9.47 Å². The number of rotatable bonds is 14. The second-order valence-electron chi connectivity index (χ2n) is 14.6. The number of aliphatic hydroxyl groups excluding tert-OH is 1. The number of methoxy groups -OCH3 is 1. The number of halogens is 6. The largest absolute Gasteiger partial charge is 0.573 e. The number of amides is 2. The van der Waals surface area contributed by atoms with E-state index in [-0.39, 0.29) is 54.6 Å². The summed E-state index contributed by atoms with van der Waals surface area (Å²) in [6.07, 6.45) is -1.19. The average Bonchev–Trinajstić information content (AvgIpc) is 3.88. The lowest BCUT2D eigenvalue weighted by Gasteiger charge is -2.39. The highest BCUT2D eigenvalue weighted by atomic mass is 19.4. The second-order valence-corrected chi connectivity index (χ2v) is 14.6. The van der Waals surface area contributed by atoms with Gasteiger partial charge in [0.15, 0.2) is 0 Å². The maximum atomic E-state index is 13.4. The molecule has 2 aliphatic heterocycles. The number of hydrogen-bond acceptors (Lipinski definition) is 11. The Bertz CT molecular complexity index is 2080. The van der Waals surface area contributed by atoms with Gasteiger partial charge in [0, 0.05) is 71.4 Å². The first-order valence-electron chi connectivity index (χ1n) is 19.6. The van der Waals surface area contributed by atoms with Crippen molar-refractivity contribution in [3.63, 3.8) is 0 Å². The first kappa shape index (κ1) is 47.4. The smallest absolute Gasteiger partial charge is 0.467 e. The van der Waals surface area contributed by atoms with E-state index in [1.165, 1.54) is 61.1 Å². The molecule has 0 radical (unpaired) electrons. The Hall–Kier alpha value is -5.67. The van der Waals surface area contributed by atoms with Gasteiger partial charge in [-0.25, -0.2) is 14.8 Å². The molecule has 21 heteroatoms. The molecule has 338 valence electrons. The number of aliphatic hydroxyl groups is 1. The fourth-order valence-corrected chi connectivity index (χ4v) is 7.35. The van der Waals surface area contributed by atoms with Gasteiger partial charge in [0.25, 0.3) is 11.8 Å². The summed E-state index contributed by atoms with van der Waals surface area (Å²) in [4.78, 5) is 50.6. The van der Waals surface area contributed by atoms with Gasteiger partial charge in [-0.1, -0.05) is 24.3 Å². The molecule has 4 aromatic rings. The van der Waals surface area contributed by atoms with Gasteiger partial charge >= 0.3 is 18.7 Å². The summed E-state index contributed by atoms with van der Waals surface area (Å²) in [5, 5.41) is 10.1. The summed E-state index contributed by atoms with van der Waals surface area (Å²) in [7, 11) is 4.66. The molecule has 2 aliphatic rings. The molecule has 2 unspecified atom stereocenters. The molecule has 2 amide bonds. The summed E-state index contributed by atoms with van der Waals surface area (Å²) in [5.41, 5.74) is 1.30. The monoisotopic (exact) mass is 882 g/mol. The number of ether oxygens (including phenoxy) is 5. The predicted octanol–water partition coefficient (Wildman–Crippen LogP) is 5.27. The first-order chi connectivity index (χ1) is 29.4. The Labute approximate surface area is 353 Å². The molecular weight excluding hydrogens is 834 g/mol. The van der Waals surface area contributed by atoms with Crippen LogP contribution in [0.25, 0.3) is 0 Å². The number of benzene rings is 2. The minimum absolute atomic E-state index is 0.0579. The van der Waals surface area contributed by atoms with E-state index in [4.69, 9.17) is 14.2 Å². The highest BCUT2D eigenvalue weighted by Crippen LogP contribution is 2.29. The van der Waals surface area contributed by atoms with Gasteiger partial charge in [0.2, 0.25) is 0 Å². The van der Waals surface area contributed by atoms with Gasteiger partial charge < -0.3 is 47.7 Å². The van der Waals surface area contributed by atoms with Gasteiger partial charge in [0.05, 0.1) is 32.4 Å². The SMILES string of the molecule is COC(=O)C(Cc1cccc(OC(F)(F)F)c1)N(C(=O)c1cn(C)cn1)C1CCOCC1.Cn1cnc(C(=O)N(C2CCOCC2)C(CO)Cc2cccc(OC(F)(F)F)c2)c1. The summed E-state index contributed by atoms with van der Waals surface area (Å²) in [5.74, 6) is -2.22. The van der Waals surface area contributed by atoms with Crippen molar-refractivity contribution in [2.24, 2.45) is 14.1 Å². The van der Waals surface area contributed by atoms with E-state index in [1.807, 2.05) is 0 Å². The zero-order chi connectivity index (χ0) is 45.0. The molecule has 2 fully saturated rings. The Kier molecular flexibility index (Phi) is 16.4. The number of esters is 1. The van der Waals surface area contributed by atoms with Crippen molar-refractivity contribution >= 4 is 17.8 Å². The second kappa shape index (κ2) is 21.4. The van der Waals surface area contributed by atoms with Crippen molar-refractivity contribution in [2.45, 2.75) is 75.4 Å². The lowest BCUT2D eigenvalue weighted by atomic mass is 9.98. The normalized spacial score (nSPS) is 16.0. The van der Waals surface area contributed by atoms with E-state index in [9.17, 15) is 45.8 Å². The highest BCUT2D eigenvalue weighted by Gasteiger charge is 2.39. The lowest BCUT2D eigenvalue weighted by Crippen LogP contribution is -2.53. The number of nitrogens with zero attached hydrogens (tertiary/aromatic N) is 6. The summed E-state index contributed by atoms with van der Waals surface area (Å²) in [6, 6.07) is 8.68. The number of imidazole rings is 2. The Morgan fingerprint density at radius 3 is 1.58 bits per heavy atom. The van der Waals surface area contributed by atoms with Gasteiger partial charge in [-0.05, 0) is 67.5 Å². The molecule has 0 bridgehead atoms. The highest BCUT2D eigenvalue weighted by molar-refractivity contribution is 5.95. The standard InChI is InChI=1S/C21H24F3N3O5.C20H24F3N3O4/c1-26-12-17(25-13-26)19(28)27(15-6-8-31-9-7-15)18(20(29)30-2)11-14-4-3-5-16(10-14)32-21(22,23)24;1-25-11-18(24-13-25)19(28)26(15-5-7-29-8-6-15)16(12-27)9-14-3-2-4-17(10-14)30-20(21,22)23/h3-5,10,12-13,15,18H,6-9,11H2,1-2H3;2-4,10-11,13,15-16,27H,5-9,12H2,1H3. The molecule has 2 aromatic heterocycles. The summed E-state index contributed by atoms with van der Waals surface area (Å²) >= 11 is 0. The van der Waals surface area contributed by atoms with Crippen LogP contribution in [0.5, 0.6) is 11.5 Å². The van der Waals surface area contributed by atoms with Gasteiger partial charge in [-0.2, -0.15) is 0 Å². The van der Waals surface area contributed by atoms with Crippen molar-refractivity contribution in [2.75, 3.05) is 40.1 Å². The summed E-state index contributed by atoms with van der Waals surface area (Å²) in [6.45, 7) is 1.46. The minimum Gasteiger partial charge on any atom is -0.467 e. The predicted molar refractivity (Wildman–Crippen MR) is 207 cm³/mol. The first-order valence-corrected chi connectivity index (χ1v) is 19.6. The van der Waals surface area contributed by atoms with Crippen LogP contribution in [-0.2, 0) is 45.9 Å². The van der Waals surface area contributed by atoms with Crippen molar-refractivity contribution < 1.29 is 69.5 Å². The quantitative estimate of drug-likeness (QED) is 0.130. The molecule has 0 aliphatic carbocycles. The summed E-state index contributed by atoms with van der Waals surface area (Å²) < 4.78 is 102. The minimum atomic E-state index is -4.84. The molecule has 15 nitrogen and oxygen atoms in total. The fraction of sp³-hybridized carbons (Fsp3) is 0.488. The van der Waals surface area contributed by atoms with Crippen LogP contribution in [0.2, 0.25) is 0 Å². The zero-order valence-electron chi connectivity index (χ0n) is 34.2. The molecule has 1 N–H and O–H groups in total. The fourth-order valence-electron chi connectivity index (χ4n) is 7.35. The van der Waals surface area contributed by atoms with E-state index < -0.39 is 42.4 Å². The molecule has 62 heavy (non-hydrogen) atoms. The zero-order valence-corrected chi connectivity index (χ0v) is 34.2. The van der Waals surface area contributed by atoms with E-state index in [2.05, 4.69) is 19.4 Å². The molecule has 6 rings (SSSR count). The number of aryl methyl sites for hydroxylation is 2. The van der Waals surface area contributed by atoms with E-state index in [1.54, 1.807) is 52.7 Å².